The number of pyridine rings is 3. The van der Waals surface area contributed by atoms with E-state index in [2.05, 4.69) is 36.4 Å². The molecule has 3 aliphatic carbocycles. The van der Waals surface area contributed by atoms with Gasteiger partial charge in [0.2, 0.25) is 0 Å². The molecule has 3 heterocycles. The second kappa shape index (κ2) is 41.2. The molecule has 126 heavy (non-hydrogen) atoms. The minimum Gasteiger partial charge on any atom is -0.481 e. The Hall–Kier alpha value is -9.57. The smallest absolute Gasteiger partial charge is 0.304 e. The van der Waals surface area contributed by atoms with E-state index in [1.807, 2.05) is 237 Å². The Morgan fingerprint density at radius 1 is 0.373 bits per heavy atom. The normalized spacial score (nSPS) is 19.3. The summed E-state index contributed by atoms with van der Waals surface area (Å²) in [6, 6.07) is 77.5. The van der Waals surface area contributed by atoms with Gasteiger partial charge in [0.25, 0.3) is 0 Å². The van der Waals surface area contributed by atoms with E-state index in [9.17, 15) is 58.2 Å². The molecule has 0 amide bonds. The lowest BCUT2D eigenvalue weighted by Crippen LogP contribution is -2.18. The zero-order valence-corrected chi connectivity index (χ0v) is 76.0. The maximum atomic E-state index is 14.4. The molecule has 3 fully saturated rings. The van der Waals surface area contributed by atoms with E-state index in [0.29, 0.717) is 51.6 Å². The van der Waals surface area contributed by atoms with Gasteiger partial charge in [0.1, 0.15) is 18.5 Å². The highest BCUT2D eigenvalue weighted by Crippen LogP contribution is 2.58. The van der Waals surface area contributed by atoms with Gasteiger partial charge in [-0.1, -0.05) is 235 Å². The van der Waals surface area contributed by atoms with E-state index in [-0.39, 0.29) is 35.0 Å². The summed E-state index contributed by atoms with van der Waals surface area (Å²) >= 11 is 23.4. The number of aliphatic carboxylic acids is 3. The number of hydrogen-bond donors (Lipinski definition) is 6. The number of halogens is 6. The van der Waals surface area contributed by atoms with Crippen LogP contribution >= 0.6 is 70.1 Å². The average molecular weight is 1810 g/mol. The molecule has 6 N–H and O–H groups in total. The Morgan fingerprint density at radius 3 is 0.873 bits per heavy atom. The van der Waals surface area contributed by atoms with Crippen molar-refractivity contribution in [1.29, 1.82) is 0 Å². The topological polar surface area (TPSA) is 211 Å². The molecule has 3 saturated carbocycles. The number of aromatic nitrogens is 3. The van der Waals surface area contributed by atoms with Crippen LogP contribution in [0.5, 0.6) is 0 Å². The SMILES string of the molecule is CC(C)(O)c1ccccc1CC[C@@H](SCC1(CC(=O)O)CC1F)c1cccc(/C=C/c2ccc3ccc(Cl)cc3n2)c1.CC(C)(O)c1ccccc1CC[C@@H](SCC1(CC(=O)O)C[C@@H]1F)c1cccc(/C=C/c2ccc3ccc(Cl)cc3n2)c1.CC(C)(O)c1ccccc1CC[C@@H](SCC1(CC(=O)O)C[C@H]1F)c1cccc(/C=C/c2ccc3ccc(Cl)cc3n2)c1. The first-order valence-electron chi connectivity index (χ1n) is 42.4. The fraction of sp³-hybridized carbons (Fsp3) is 0.314. The molecule has 0 aliphatic heterocycles. The van der Waals surface area contributed by atoms with Crippen molar-refractivity contribution >= 4 is 157 Å². The highest BCUT2D eigenvalue weighted by Gasteiger charge is 2.58. The minimum absolute atomic E-state index is 0.0209. The Labute approximate surface area is 763 Å². The zero-order valence-electron chi connectivity index (χ0n) is 71.3. The van der Waals surface area contributed by atoms with Gasteiger partial charge in [-0.2, -0.15) is 35.3 Å². The van der Waals surface area contributed by atoms with Crippen molar-refractivity contribution in [2.75, 3.05) is 17.3 Å². The molecule has 12 nitrogen and oxygen atoms in total. The second-order valence-electron chi connectivity index (χ2n) is 35.2. The Bertz CT molecular complexity index is 5420. The van der Waals surface area contributed by atoms with Gasteiger partial charge in [0, 0.05) is 80.5 Å². The van der Waals surface area contributed by atoms with Gasteiger partial charge in [-0.05, 0) is 239 Å². The number of aliphatic hydroxyl groups is 3. The molecule has 9 aromatic carbocycles. The van der Waals surface area contributed by atoms with Crippen molar-refractivity contribution < 1.29 is 58.2 Å². The van der Waals surface area contributed by atoms with Crippen LogP contribution < -0.4 is 0 Å². The molecule has 4 unspecified atom stereocenters. The van der Waals surface area contributed by atoms with E-state index in [1.165, 1.54) is 0 Å². The molecule has 15 rings (SSSR count). The number of aryl methyl sites for hydroxylation is 3. The molecular formula is C105H105Cl3F3N3O9S3. The van der Waals surface area contributed by atoms with Crippen molar-refractivity contribution in [3.8, 4) is 0 Å². The number of alkyl halides is 3. The Morgan fingerprint density at radius 2 is 0.627 bits per heavy atom. The van der Waals surface area contributed by atoms with Gasteiger partial charge >= 0.3 is 17.9 Å². The number of benzene rings is 9. The molecule has 3 aliphatic rings. The van der Waals surface area contributed by atoms with E-state index in [1.54, 1.807) is 76.8 Å². The first-order chi connectivity index (χ1) is 60.1. The van der Waals surface area contributed by atoms with E-state index in [0.717, 1.165) is 155 Å². The summed E-state index contributed by atoms with van der Waals surface area (Å²) in [4.78, 5) is 48.5. The van der Waals surface area contributed by atoms with E-state index in [4.69, 9.17) is 49.8 Å². The van der Waals surface area contributed by atoms with Crippen LogP contribution in [0.3, 0.4) is 0 Å². The van der Waals surface area contributed by atoms with Crippen LogP contribution in [0.2, 0.25) is 15.1 Å². The Balaban J connectivity index is 0.000000162. The molecule has 21 heteroatoms. The van der Waals surface area contributed by atoms with Gasteiger partial charge < -0.3 is 30.6 Å². The fourth-order valence-electron chi connectivity index (χ4n) is 16.4. The summed E-state index contributed by atoms with van der Waals surface area (Å²) in [6.07, 6.45) is 13.7. The number of carboxylic acid groups (broad SMARTS) is 3. The molecule has 0 spiro atoms. The zero-order chi connectivity index (χ0) is 89.7. The fourth-order valence-corrected chi connectivity index (χ4v) is 21.6. The van der Waals surface area contributed by atoms with Crippen molar-refractivity contribution in [3.63, 3.8) is 0 Å². The van der Waals surface area contributed by atoms with Gasteiger partial charge in [0.15, 0.2) is 0 Å². The molecule has 0 bridgehead atoms. The molecule has 654 valence electrons. The summed E-state index contributed by atoms with van der Waals surface area (Å²) < 4.78 is 43.2. The molecule has 0 radical (unpaired) electrons. The van der Waals surface area contributed by atoms with Crippen LogP contribution in [0.25, 0.3) is 69.2 Å². The molecule has 9 atom stereocenters. The van der Waals surface area contributed by atoms with Crippen LogP contribution in [-0.4, -0.2) is 99.3 Å². The monoisotopic (exact) mass is 1810 g/mol. The van der Waals surface area contributed by atoms with Gasteiger partial charge in [0.05, 0.1) is 69.7 Å². The predicted octanol–water partition coefficient (Wildman–Crippen LogP) is 26.7. The summed E-state index contributed by atoms with van der Waals surface area (Å²) in [5.41, 5.74) is 11.9. The lowest BCUT2D eigenvalue weighted by atomic mass is 9.90. The predicted molar refractivity (Wildman–Crippen MR) is 515 cm³/mol. The Kier molecular flexibility index (Phi) is 30.8. The van der Waals surface area contributed by atoms with Gasteiger partial charge in [-0.25, -0.2) is 28.1 Å². The van der Waals surface area contributed by atoms with Gasteiger partial charge in [-0.3, -0.25) is 14.4 Å². The van der Waals surface area contributed by atoms with E-state index >= 15 is 0 Å². The number of hydrogen-bond acceptors (Lipinski definition) is 12. The minimum atomic E-state index is -1.07. The van der Waals surface area contributed by atoms with Crippen molar-refractivity contribution in [1.82, 2.24) is 15.0 Å². The van der Waals surface area contributed by atoms with Crippen molar-refractivity contribution in [2.24, 2.45) is 16.2 Å². The first-order valence-corrected chi connectivity index (χ1v) is 46.7. The van der Waals surface area contributed by atoms with Crippen LogP contribution in [0, 0.1) is 16.2 Å². The number of nitrogens with zero attached hydrogens (tertiary/aromatic N) is 3. The van der Waals surface area contributed by atoms with Crippen molar-refractivity contribution in [3.05, 3.63) is 335 Å². The number of thioether (sulfide) groups is 3. The molecule has 3 aromatic heterocycles. The number of carboxylic acids is 3. The van der Waals surface area contributed by atoms with Crippen LogP contribution in [0.4, 0.5) is 13.2 Å². The lowest BCUT2D eigenvalue weighted by Gasteiger charge is -2.24. The molecule has 12 aromatic rings. The number of rotatable bonds is 36. The second-order valence-corrected chi connectivity index (χ2v) is 40.1. The lowest BCUT2D eigenvalue weighted by molar-refractivity contribution is -0.139. The first kappa shape index (κ1) is 94.1. The van der Waals surface area contributed by atoms with Gasteiger partial charge in [-0.15, -0.1) is 0 Å². The third-order valence-corrected chi connectivity index (χ3v) is 29.4. The molecular weight excluding hydrogens is 1710 g/mol. The summed E-state index contributed by atoms with van der Waals surface area (Å²) in [5.74, 6) is -1.53. The van der Waals surface area contributed by atoms with Crippen LogP contribution in [0.15, 0.2) is 237 Å². The third kappa shape index (κ3) is 25.7. The summed E-state index contributed by atoms with van der Waals surface area (Å²) in [6.45, 7) is 10.7. The highest BCUT2D eigenvalue weighted by atomic mass is 35.5. The molecule has 0 saturated heterocycles. The van der Waals surface area contributed by atoms with Crippen molar-refractivity contribution in [2.45, 2.75) is 170 Å². The van der Waals surface area contributed by atoms with Crippen LogP contribution in [-0.2, 0) is 50.4 Å². The quantitative estimate of drug-likeness (QED) is 0.0216. The number of carbonyl (C=O) groups is 3. The summed E-state index contributed by atoms with van der Waals surface area (Å²) in [5, 5.41) is 65.4. The maximum absolute atomic E-state index is 14.4. The van der Waals surface area contributed by atoms with Crippen LogP contribution in [0.1, 0.15) is 199 Å². The number of fused-ring (bicyclic) bond motifs is 3. The maximum Gasteiger partial charge on any atom is 0.304 e. The van der Waals surface area contributed by atoms with E-state index < -0.39 is 69.5 Å². The standard InChI is InChI=1S/3C35H35ClFNO3S/c3*1-34(2,41)29-9-4-3-7-24(29)13-17-31(42-22-35(20-32(35)37)21-33(39)40)26-8-5-6-23(18-26)10-15-28-16-12-25-11-14-27(36)19-30(25)38-28/h3*3-12,14-16,18-19,31-32,41H,13,17,20-22H2,1-2H3,(H,39,40)/b3*15-10+/t31-,32?,35?;31-,32+,35?;31-,32-,35?/m111/s1. The third-order valence-electron chi connectivity index (χ3n) is 23.8. The summed E-state index contributed by atoms with van der Waals surface area (Å²) in [7, 11) is 0. The highest BCUT2D eigenvalue weighted by molar-refractivity contribution is 8.00. The largest absolute Gasteiger partial charge is 0.481 e. The average Bonchev–Trinajstić information content (AvgIpc) is 1.62.